The molecule has 0 atom stereocenters. The molecule has 0 radical (unpaired) electrons. The maximum absolute atomic E-state index is 12.5. The number of aryl methyl sites for hydroxylation is 1. The quantitative estimate of drug-likeness (QED) is 0.443. The summed E-state index contributed by atoms with van der Waals surface area (Å²) in [5, 5.41) is 16.6. The first-order chi connectivity index (χ1) is 14.4. The highest BCUT2D eigenvalue weighted by atomic mass is 79.9. The van der Waals surface area contributed by atoms with E-state index >= 15 is 0 Å². The van der Waals surface area contributed by atoms with Crippen LogP contribution in [0, 0.1) is 13.8 Å². The summed E-state index contributed by atoms with van der Waals surface area (Å²) in [5.74, 6) is 0.121. The second-order valence-corrected chi connectivity index (χ2v) is 8.01. The van der Waals surface area contributed by atoms with E-state index in [1.54, 1.807) is 33.9 Å². The highest BCUT2D eigenvalue weighted by Crippen LogP contribution is 2.20. The number of carbonyl (C=O) groups is 1. The van der Waals surface area contributed by atoms with E-state index in [2.05, 4.69) is 36.5 Å². The molecule has 0 aliphatic rings. The van der Waals surface area contributed by atoms with Gasteiger partial charge < -0.3 is 5.32 Å². The van der Waals surface area contributed by atoms with Gasteiger partial charge in [0.2, 0.25) is 0 Å². The highest BCUT2D eigenvalue weighted by Gasteiger charge is 2.14. The van der Waals surface area contributed by atoms with Crippen molar-refractivity contribution in [3.05, 3.63) is 80.9 Å². The van der Waals surface area contributed by atoms with Crippen LogP contribution in [0.1, 0.15) is 27.4 Å². The SMILES string of the molecule is Cc1nn(Cn2ccc(C(=O)Nc3ccn(Cc4ccccc4Cl)n3)n2)c(C)c1Br. The van der Waals surface area contributed by atoms with Crippen molar-refractivity contribution in [3.8, 4) is 0 Å². The topological polar surface area (TPSA) is 82.6 Å². The molecule has 1 amide bonds. The van der Waals surface area contributed by atoms with Crippen molar-refractivity contribution < 1.29 is 4.79 Å². The first kappa shape index (κ1) is 20.4. The van der Waals surface area contributed by atoms with Crippen molar-refractivity contribution in [2.75, 3.05) is 5.32 Å². The monoisotopic (exact) mass is 487 g/mol. The second-order valence-electron chi connectivity index (χ2n) is 6.81. The Labute approximate surface area is 186 Å². The molecule has 0 saturated carbocycles. The van der Waals surface area contributed by atoms with Crippen molar-refractivity contribution in [1.29, 1.82) is 0 Å². The zero-order valence-electron chi connectivity index (χ0n) is 16.4. The first-order valence-corrected chi connectivity index (χ1v) is 10.4. The lowest BCUT2D eigenvalue weighted by molar-refractivity contribution is 0.102. The van der Waals surface area contributed by atoms with E-state index in [4.69, 9.17) is 11.6 Å². The minimum Gasteiger partial charge on any atom is -0.304 e. The van der Waals surface area contributed by atoms with Crippen LogP contribution in [-0.2, 0) is 13.2 Å². The number of amides is 1. The van der Waals surface area contributed by atoms with E-state index in [-0.39, 0.29) is 5.91 Å². The Morgan fingerprint density at radius 2 is 1.83 bits per heavy atom. The van der Waals surface area contributed by atoms with Gasteiger partial charge in [-0.3, -0.25) is 14.2 Å². The van der Waals surface area contributed by atoms with Crippen LogP contribution in [0.15, 0.2) is 53.3 Å². The van der Waals surface area contributed by atoms with Crippen LogP contribution in [0.2, 0.25) is 5.02 Å². The lowest BCUT2D eigenvalue weighted by Gasteiger charge is -2.05. The summed E-state index contributed by atoms with van der Waals surface area (Å²) in [6.07, 6.45) is 3.54. The number of benzene rings is 1. The molecule has 0 aliphatic heterocycles. The molecule has 4 aromatic rings. The van der Waals surface area contributed by atoms with E-state index < -0.39 is 0 Å². The molecule has 4 rings (SSSR count). The summed E-state index contributed by atoms with van der Waals surface area (Å²) in [4.78, 5) is 12.5. The molecule has 3 heterocycles. The van der Waals surface area contributed by atoms with Crippen LogP contribution >= 0.6 is 27.5 Å². The summed E-state index contributed by atoms with van der Waals surface area (Å²) < 4.78 is 6.18. The number of anilines is 1. The van der Waals surface area contributed by atoms with E-state index in [0.29, 0.717) is 29.7 Å². The van der Waals surface area contributed by atoms with Crippen LogP contribution in [-0.4, -0.2) is 35.2 Å². The number of hydrogen-bond donors (Lipinski definition) is 1. The summed E-state index contributed by atoms with van der Waals surface area (Å²) in [6.45, 7) is 4.83. The van der Waals surface area contributed by atoms with Crippen molar-refractivity contribution in [2.45, 2.75) is 27.1 Å². The number of rotatable bonds is 6. The number of nitrogens with one attached hydrogen (secondary N) is 1. The Bertz CT molecular complexity index is 1210. The molecule has 154 valence electrons. The molecule has 0 aliphatic carbocycles. The molecule has 3 aromatic heterocycles. The average Bonchev–Trinajstić information content (AvgIpc) is 3.42. The van der Waals surface area contributed by atoms with Gasteiger partial charge in [-0.25, -0.2) is 4.68 Å². The molecule has 10 heteroatoms. The van der Waals surface area contributed by atoms with Gasteiger partial charge in [0.25, 0.3) is 5.91 Å². The van der Waals surface area contributed by atoms with Gasteiger partial charge in [-0.2, -0.15) is 15.3 Å². The van der Waals surface area contributed by atoms with Gasteiger partial charge in [-0.05, 0) is 47.5 Å². The van der Waals surface area contributed by atoms with Crippen LogP contribution in [0.25, 0.3) is 0 Å². The lowest BCUT2D eigenvalue weighted by Crippen LogP contribution is -2.16. The van der Waals surface area contributed by atoms with Crippen LogP contribution in [0.5, 0.6) is 0 Å². The van der Waals surface area contributed by atoms with Gasteiger partial charge in [0.1, 0.15) is 6.67 Å². The minimum absolute atomic E-state index is 0.302. The summed E-state index contributed by atoms with van der Waals surface area (Å²) in [5.41, 5.74) is 3.16. The normalized spacial score (nSPS) is 11.1. The third-order valence-electron chi connectivity index (χ3n) is 4.62. The van der Waals surface area contributed by atoms with Gasteiger partial charge in [0.05, 0.1) is 22.4 Å². The van der Waals surface area contributed by atoms with E-state index in [1.165, 1.54) is 0 Å². The fraction of sp³-hybridized carbons (Fsp3) is 0.200. The zero-order chi connectivity index (χ0) is 21.3. The van der Waals surface area contributed by atoms with E-state index in [1.807, 2.05) is 42.8 Å². The lowest BCUT2D eigenvalue weighted by atomic mass is 10.2. The van der Waals surface area contributed by atoms with Crippen LogP contribution in [0.4, 0.5) is 5.82 Å². The molecule has 0 saturated heterocycles. The number of halogens is 2. The molecule has 0 spiro atoms. The van der Waals surface area contributed by atoms with E-state index in [0.717, 1.165) is 21.4 Å². The third kappa shape index (κ3) is 4.31. The van der Waals surface area contributed by atoms with Gasteiger partial charge in [-0.15, -0.1) is 0 Å². The molecule has 0 unspecified atom stereocenters. The third-order valence-corrected chi connectivity index (χ3v) is 6.13. The smallest absolute Gasteiger partial charge is 0.277 e. The fourth-order valence-corrected chi connectivity index (χ4v) is 3.49. The van der Waals surface area contributed by atoms with Crippen LogP contribution in [0.3, 0.4) is 0 Å². The molecule has 0 bridgehead atoms. The number of carbonyl (C=O) groups excluding carboxylic acids is 1. The van der Waals surface area contributed by atoms with Gasteiger partial charge in [0.15, 0.2) is 11.5 Å². The largest absolute Gasteiger partial charge is 0.304 e. The van der Waals surface area contributed by atoms with Crippen molar-refractivity contribution in [1.82, 2.24) is 29.3 Å². The molecular formula is C20H19BrClN7O. The predicted octanol–water partition coefficient (Wildman–Crippen LogP) is 4.12. The Morgan fingerprint density at radius 3 is 2.57 bits per heavy atom. The van der Waals surface area contributed by atoms with E-state index in [9.17, 15) is 4.79 Å². The number of nitrogens with zero attached hydrogens (tertiary/aromatic N) is 6. The molecule has 1 aromatic carbocycles. The Morgan fingerprint density at radius 1 is 1.07 bits per heavy atom. The maximum atomic E-state index is 12.5. The number of hydrogen-bond acceptors (Lipinski definition) is 4. The van der Waals surface area contributed by atoms with Gasteiger partial charge >= 0.3 is 0 Å². The molecule has 0 fully saturated rings. The van der Waals surface area contributed by atoms with Crippen molar-refractivity contribution in [2.24, 2.45) is 0 Å². The Kier molecular flexibility index (Phi) is 5.74. The van der Waals surface area contributed by atoms with Gasteiger partial charge in [0, 0.05) is 23.5 Å². The average molecular weight is 489 g/mol. The summed E-state index contributed by atoms with van der Waals surface area (Å²) in [7, 11) is 0. The van der Waals surface area contributed by atoms with Crippen molar-refractivity contribution in [3.63, 3.8) is 0 Å². The minimum atomic E-state index is -0.328. The number of aromatic nitrogens is 6. The predicted molar refractivity (Wildman–Crippen MR) is 118 cm³/mol. The standard InChI is InChI=1S/C20H19BrClN7O/c1-13-19(21)14(2)29(24-13)12-28-9-7-17(25-28)20(30)23-18-8-10-27(26-18)11-15-5-3-4-6-16(15)22/h3-10H,11-12H2,1-2H3,(H,23,26,30). The van der Waals surface area contributed by atoms with Gasteiger partial charge in [-0.1, -0.05) is 29.8 Å². The molecular weight excluding hydrogens is 470 g/mol. The van der Waals surface area contributed by atoms with Crippen LogP contribution < -0.4 is 5.32 Å². The molecule has 1 N–H and O–H groups in total. The Hall–Kier alpha value is -2.91. The second kappa shape index (κ2) is 8.45. The highest BCUT2D eigenvalue weighted by molar-refractivity contribution is 9.10. The van der Waals surface area contributed by atoms with Crippen molar-refractivity contribution >= 4 is 39.3 Å². The summed E-state index contributed by atoms with van der Waals surface area (Å²) >= 11 is 9.71. The summed E-state index contributed by atoms with van der Waals surface area (Å²) in [6, 6.07) is 11.0. The first-order valence-electron chi connectivity index (χ1n) is 9.22. The maximum Gasteiger partial charge on any atom is 0.277 e. The molecule has 30 heavy (non-hydrogen) atoms. The fourth-order valence-electron chi connectivity index (χ4n) is 3.01. The molecule has 8 nitrogen and oxygen atoms in total. The zero-order valence-corrected chi connectivity index (χ0v) is 18.7. The Balaban J connectivity index is 1.41.